The van der Waals surface area contributed by atoms with Crippen LogP contribution >= 0.6 is 0 Å². The Bertz CT molecular complexity index is 388. The van der Waals surface area contributed by atoms with E-state index in [4.69, 9.17) is 5.73 Å². The monoisotopic (exact) mass is 261 g/mol. The Morgan fingerprint density at radius 1 is 1.32 bits per heavy atom. The van der Waals surface area contributed by atoms with E-state index < -0.39 is 0 Å². The third kappa shape index (κ3) is 4.04. The van der Waals surface area contributed by atoms with Crippen LogP contribution in [-0.4, -0.2) is 43.5 Å². The predicted molar refractivity (Wildman–Crippen MR) is 76.8 cm³/mol. The van der Waals surface area contributed by atoms with Crippen LogP contribution in [0.25, 0.3) is 0 Å². The number of benzene rings is 1. The van der Waals surface area contributed by atoms with Crippen molar-refractivity contribution in [3.8, 4) is 0 Å². The van der Waals surface area contributed by atoms with Crippen LogP contribution in [0.15, 0.2) is 30.3 Å². The first-order valence-corrected chi connectivity index (χ1v) is 7.04. The van der Waals surface area contributed by atoms with Crippen LogP contribution in [0.1, 0.15) is 12.0 Å². The number of rotatable bonds is 6. The molecule has 1 aliphatic heterocycles. The number of hydrogen-bond donors (Lipinski definition) is 2. The SMILES string of the molecule is NCCN(CCc1ccccc1)C(=O)C1CCNC1. The highest BCUT2D eigenvalue weighted by atomic mass is 16.2. The molecule has 1 amide bonds. The minimum Gasteiger partial charge on any atom is -0.341 e. The highest BCUT2D eigenvalue weighted by Gasteiger charge is 2.26. The highest BCUT2D eigenvalue weighted by molar-refractivity contribution is 5.79. The van der Waals surface area contributed by atoms with Gasteiger partial charge in [-0.05, 0) is 24.9 Å². The number of carbonyl (C=O) groups excluding carboxylic acids is 1. The number of hydrogen-bond acceptors (Lipinski definition) is 3. The fourth-order valence-corrected chi connectivity index (χ4v) is 2.52. The average Bonchev–Trinajstić information content (AvgIpc) is 2.98. The van der Waals surface area contributed by atoms with Crippen molar-refractivity contribution in [2.75, 3.05) is 32.7 Å². The molecule has 1 heterocycles. The molecular formula is C15H23N3O. The molecule has 1 atom stereocenters. The molecule has 4 nitrogen and oxygen atoms in total. The minimum absolute atomic E-state index is 0.141. The zero-order chi connectivity index (χ0) is 13.5. The number of nitrogens with two attached hydrogens (primary N) is 1. The van der Waals surface area contributed by atoms with Gasteiger partial charge in [-0.3, -0.25) is 4.79 Å². The number of amides is 1. The predicted octanol–water partition coefficient (Wildman–Crippen LogP) is 0.626. The van der Waals surface area contributed by atoms with E-state index in [1.54, 1.807) is 0 Å². The second-order valence-corrected chi connectivity index (χ2v) is 5.04. The van der Waals surface area contributed by atoms with Gasteiger partial charge < -0.3 is 16.0 Å². The second kappa shape index (κ2) is 7.26. The molecule has 0 aromatic heterocycles. The average molecular weight is 261 g/mol. The van der Waals surface area contributed by atoms with Gasteiger partial charge in [-0.15, -0.1) is 0 Å². The maximum atomic E-state index is 12.4. The summed E-state index contributed by atoms with van der Waals surface area (Å²) >= 11 is 0. The van der Waals surface area contributed by atoms with Gasteiger partial charge in [-0.25, -0.2) is 0 Å². The fourth-order valence-electron chi connectivity index (χ4n) is 2.52. The molecular weight excluding hydrogens is 238 g/mol. The molecule has 0 spiro atoms. The quantitative estimate of drug-likeness (QED) is 0.789. The smallest absolute Gasteiger partial charge is 0.227 e. The van der Waals surface area contributed by atoms with Gasteiger partial charge in [0, 0.05) is 26.2 Å². The summed E-state index contributed by atoms with van der Waals surface area (Å²) in [6.07, 6.45) is 1.85. The van der Waals surface area contributed by atoms with Gasteiger partial charge in [0.1, 0.15) is 0 Å². The number of nitrogens with one attached hydrogen (secondary N) is 1. The molecule has 1 aromatic carbocycles. The van der Waals surface area contributed by atoms with Gasteiger partial charge in [0.2, 0.25) is 5.91 Å². The largest absolute Gasteiger partial charge is 0.341 e. The summed E-state index contributed by atoms with van der Waals surface area (Å²) in [5.41, 5.74) is 6.89. The Morgan fingerprint density at radius 2 is 2.11 bits per heavy atom. The lowest BCUT2D eigenvalue weighted by molar-refractivity contribution is -0.134. The standard InChI is InChI=1S/C15H23N3O/c16-8-11-18(15(19)14-6-9-17-12-14)10-7-13-4-2-1-3-5-13/h1-5,14,17H,6-12,16H2. The van der Waals surface area contributed by atoms with Crippen LogP contribution in [-0.2, 0) is 11.2 Å². The van der Waals surface area contributed by atoms with Crippen LogP contribution in [0.4, 0.5) is 0 Å². The molecule has 104 valence electrons. The molecule has 1 aliphatic rings. The van der Waals surface area contributed by atoms with Crippen LogP contribution < -0.4 is 11.1 Å². The van der Waals surface area contributed by atoms with E-state index in [9.17, 15) is 4.79 Å². The van der Waals surface area contributed by atoms with Crippen molar-refractivity contribution in [1.82, 2.24) is 10.2 Å². The third-order valence-corrected chi connectivity index (χ3v) is 3.63. The Labute approximate surface area is 115 Å². The molecule has 1 unspecified atom stereocenters. The number of carbonyl (C=O) groups is 1. The van der Waals surface area contributed by atoms with Gasteiger partial charge in [-0.1, -0.05) is 30.3 Å². The van der Waals surface area contributed by atoms with E-state index >= 15 is 0 Å². The van der Waals surface area contributed by atoms with Gasteiger partial charge in [0.05, 0.1) is 5.92 Å². The molecule has 0 radical (unpaired) electrons. The molecule has 19 heavy (non-hydrogen) atoms. The van der Waals surface area contributed by atoms with E-state index in [1.165, 1.54) is 5.56 Å². The summed E-state index contributed by atoms with van der Waals surface area (Å²) < 4.78 is 0. The van der Waals surface area contributed by atoms with Crippen molar-refractivity contribution in [1.29, 1.82) is 0 Å². The normalized spacial score (nSPS) is 18.5. The first-order chi connectivity index (χ1) is 9.31. The molecule has 1 fully saturated rings. The molecule has 0 bridgehead atoms. The van der Waals surface area contributed by atoms with Gasteiger partial charge >= 0.3 is 0 Å². The summed E-state index contributed by atoms with van der Waals surface area (Å²) in [7, 11) is 0. The van der Waals surface area contributed by atoms with E-state index in [2.05, 4.69) is 17.4 Å². The zero-order valence-corrected chi connectivity index (χ0v) is 11.3. The summed E-state index contributed by atoms with van der Waals surface area (Å²) in [5.74, 6) is 0.397. The topological polar surface area (TPSA) is 58.4 Å². The zero-order valence-electron chi connectivity index (χ0n) is 11.3. The van der Waals surface area contributed by atoms with Crippen LogP contribution in [0.5, 0.6) is 0 Å². The van der Waals surface area contributed by atoms with Crippen molar-refractivity contribution >= 4 is 5.91 Å². The van der Waals surface area contributed by atoms with Crippen LogP contribution in [0.3, 0.4) is 0 Å². The molecule has 0 aliphatic carbocycles. The van der Waals surface area contributed by atoms with E-state index in [0.717, 1.165) is 32.5 Å². The van der Waals surface area contributed by atoms with Crippen LogP contribution in [0.2, 0.25) is 0 Å². The Morgan fingerprint density at radius 3 is 2.74 bits per heavy atom. The third-order valence-electron chi connectivity index (χ3n) is 3.63. The first-order valence-electron chi connectivity index (χ1n) is 7.04. The summed E-state index contributed by atoms with van der Waals surface area (Å²) in [6, 6.07) is 10.3. The summed E-state index contributed by atoms with van der Waals surface area (Å²) in [6.45, 7) is 3.70. The maximum Gasteiger partial charge on any atom is 0.227 e. The Balaban J connectivity index is 1.90. The van der Waals surface area contributed by atoms with Crippen molar-refractivity contribution in [3.63, 3.8) is 0 Å². The molecule has 4 heteroatoms. The lowest BCUT2D eigenvalue weighted by Crippen LogP contribution is -2.41. The summed E-state index contributed by atoms with van der Waals surface area (Å²) in [4.78, 5) is 14.3. The molecule has 3 N–H and O–H groups in total. The van der Waals surface area contributed by atoms with E-state index in [-0.39, 0.29) is 11.8 Å². The first kappa shape index (κ1) is 14.0. The minimum atomic E-state index is 0.141. The maximum absolute atomic E-state index is 12.4. The van der Waals surface area contributed by atoms with Crippen molar-refractivity contribution < 1.29 is 4.79 Å². The second-order valence-electron chi connectivity index (χ2n) is 5.04. The summed E-state index contributed by atoms with van der Waals surface area (Å²) in [5, 5.41) is 3.25. The lowest BCUT2D eigenvalue weighted by Gasteiger charge is -2.25. The number of nitrogens with zero attached hydrogens (tertiary/aromatic N) is 1. The molecule has 0 saturated carbocycles. The van der Waals surface area contributed by atoms with E-state index in [1.807, 2.05) is 23.1 Å². The molecule has 1 saturated heterocycles. The van der Waals surface area contributed by atoms with Crippen LogP contribution in [0, 0.1) is 5.92 Å². The van der Waals surface area contributed by atoms with Crippen molar-refractivity contribution in [2.45, 2.75) is 12.8 Å². The Hall–Kier alpha value is -1.39. The van der Waals surface area contributed by atoms with Crippen molar-refractivity contribution in [3.05, 3.63) is 35.9 Å². The fraction of sp³-hybridized carbons (Fsp3) is 0.533. The van der Waals surface area contributed by atoms with Gasteiger partial charge in [-0.2, -0.15) is 0 Å². The van der Waals surface area contributed by atoms with Gasteiger partial charge in [0.15, 0.2) is 0 Å². The molecule has 2 rings (SSSR count). The van der Waals surface area contributed by atoms with E-state index in [0.29, 0.717) is 13.1 Å². The van der Waals surface area contributed by atoms with Gasteiger partial charge in [0.25, 0.3) is 0 Å². The highest BCUT2D eigenvalue weighted by Crippen LogP contribution is 2.12. The lowest BCUT2D eigenvalue weighted by atomic mass is 10.1. The molecule has 1 aromatic rings. The van der Waals surface area contributed by atoms with Crippen molar-refractivity contribution in [2.24, 2.45) is 11.7 Å². The Kier molecular flexibility index (Phi) is 5.36.